The van der Waals surface area contributed by atoms with Crippen molar-refractivity contribution in [3.63, 3.8) is 0 Å². The number of hydrogen-bond donors (Lipinski definition) is 2. The molecule has 1 atom stereocenters. The van der Waals surface area contributed by atoms with E-state index in [1.54, 1.807) is 6.20 Å². The summed E-state index contributed by atoms with van der Waals surface area (Å²) in [7, 11) is 0. The maximum Gasteiger partial charge on any atom is 0.126 e. The molecule has 1 aromatic rings. The molecule has 0 radical (unpaired) electrons. The molecule has 0 aliphatic carbocycles. The molecule has 1 heterocycles. The lowest BCUT2D eigenvalue weighted by atomic mass is 10.2. The fourth-order valence-electron chi connectivity index (χ4n) is 1.34. The van der Waals surface area contributed by atoms with Crippen molar-refractivity contribution in [3.8, 4) is 0 Å². The third-order valence-corrected chi connectivity index (χ3v) is 2.10. The van der Waals surface area contributed by atoms with E-state index in [1.807, 2.05) is 19.1 Å². The zero-order chi connectivity index (χ0) is 10.4. The minimum Gasteiger partial charge on any atom is -0.396 e. The van der Waals surface area contributed by atoms with E-state index in [0.717, 1.165) is 18.7 Å². The fraction of sp³-hybridized carbons (Fsp3) is 0.545. The van der Waals surface area contributed by atoms with Crippen molar-refractivity contribution in [2.75, 3.05) is 11.9 Å². The molecule has 0 aliphatic heterocycles. The number of aliphatic hydroxyl groups is 1. The maximum atomic E-state index is 8.68. The summed E-state index contributed by atoms with van der Waals surface area (Å²) in [6.07, 6.45) is 3.60. The van der Waals surface area contributed by atoms with Crippen LogP contribution >= 0.6 is 0 Å². The highest BCUT2D eigenvalue weighted by Gasteiger charge is 2.01. The van der Waals surface area contributed by atoms with E-state index in [1.165, 1.54) is 5.56 Å². The Morgan fingerprint density at radius 1 is 1.57 bits per heavy atom. The van der Waals surface area contributed by atoms with Crippen LogP contribution in [0.4, 0.5) is 5.82 Å². The second kappa shape index (κ2) is 5.60. The van der Waals surface area contributed by atoms with Gasteiger partial charge in [0.1, 0.15) is 5.82 Å². The molecule has 0 fully saturated rings. The molecule has 0 saturated heterocycles. The van der Waals surface area contributed by atoms with Gasteiger partial charge >= 0.3 is 0 Å². The Hall–Kier alpha value is -1.09. The molecule has 1 unspecified atom stereocenters. The first kappa shape index (κ1) is 11.0. The lowest BCUT2D eigenvalue weighted by Crippen LogP contribution is -2.16. The average molecular weight is 194 g/mol. The number of nitrogens with one attached hydrogen (secondary N) is 1. The van der Waals surface area contributed by atoms with Crippen molar-refractivity contribution in [1.29, 1.82) is 0 Å². The van der Waals surface area contributed by atoms with Crippen LogP contribution in [0.25, 0.3) is 0 Å². The van der Waals surface area contributed by atoms with E-state index in [-0.39, 0.29) is 6.61 Å². The van der Waals surface area contributed by atoms with Gasteiger partial charge in [0.05, 0.1) is 0 Å². The van der Waals surface area contributed by atoms with E-state index >= 15 is 0 Å². The zero-order valence-electron chi connectivity index (χ0n) is 8.83. The van der Waals surface area contributed by atoms with Gasteiger partial charge in [0.25, 0.3) is 0 Å². The highest BCUT2D eigenvalue weighted by atomic mass is 16.2. The number of aliphatic hydroxyl groups excluding tert-OH is 1. The normalized spacial score (nSPS) is 12.5. The highest BCUT2D eigenvalue weighted by molar-refractivity contribution is 5.37. The SMILES string of the molecule is Cc1ccnc(NC(C)CCCO)c1. The van der Waals surface area contributed by atoms with E-state index < -0.39 is 0 Å². The lowest BCUT2D eigenvalue weighted by Gasteiger charge is -2.13. The Bertz CT molecular complexity index is 276. The monoisotopic (exact) mass is 194 g/mol. The van der Waals surface area contributed by atoms with Crippen molar-refractivity contribution in [1.82, 2.24) is 4.98 Å². The van der Waals surface area contributed by atoms with Gasteiger partial charge in [-0.25, -0.2) is 4.98 Å². The summed E-state index contributed by atoms with van der Waals surface area (Å²) < 4.78 is 0. The zero-order valence-corrected chi connectivity index (χ0v) is 8.83. The third kappa shape index (κ3) is 3.75. The smallest absolute Gasteiger partial charge is 0.126 e. The van der Waals surface area contributed by atoms with Crippen molar-refractivity contribution >= 4 is 5.82 Å². The van der Waals surface area contributed by atoms with Crippen LogP contribution in [0.15, 0.2) is 18.3 Å². The second-order valence-corrected chi connectivity index (χ2v) is 3.63. The van der Waals surface area contributed by atoms with Crippen LogP contribution in [-0.4, -0.2) is 22.7 Å². The summed E-state index contributed by atoms with van der Waals surface area (Å²) in [6.45, 7) is 4.40. The largest absolute Gasteiger partial charge is 0.396 e. The molecule has 1 rings (SSSR count). The quantitative estimate of drug-likeness (QED) is 0.753. The summed E-state index contributed by atoms with van der Waals surface area (Å²) in [5.74, 6) is 0.912. The van der Waals surface area contributed by atoms with Gasteiger partial charge in [-0.1, -0.05) is 0 Å². The molecule has 0 saturated carbocycles. The first-order chi connectivity index (χ1) is 6.72. The Morgan fingerprint density at radius 2 is 2.36 bits per heavy atom. The number of aryl methyl sites for hydroxylation is 1. The first-order valence-corrected chi connectivity index (χ1v) is 5.02. The molecule has 78 valence electrons. The average Bonchev–Trinajstić information content (AvgIpc) is 2.15. The number of hydrogen-bond acceptors (Lipinski definition) is 3. The van der Waals surface area contributed by atoms with Gasteiger partial charge in [-0.3, -0.25) is 0 Å². The molecule has 14 heavy (non-hydrogen) atoms. The third-order valence-electron chi connectivity index (χ3n) is 2.10. The molecule has 0 bridgehead atoms. The van der Waals surface area contributed by atoms with Crippen LogP contribution in [0.3, 0.4) is 0 Å². The second-order valence-electron chi connectivity index (χ2n) is 3.63. The first-order valence-electron chi connectivity index (χ1n) is 5.02. The van der Waals surface area contributed by atoms with Gasteiger partial charge in [-0.15, -0.1) is 0 Å². The summed E-state index contributed by atoms with van der Waals surface area (Å²) in [5.41, 5.74) is 1.21. The van der Waals surface area contributed by atoms with Crippen LogP contribution in [-0.2, 0) is 0 Å². The molecule has 0 aromatic carbocycles. The molecular weight excluding hydrogens is 176 g/mol. The highest BCUT2D eigenvalue weighted by Crippen LogP contribution is 2.08. The van der Waals surface area contributed by atoms with Gasteiger partial charge < -0.3 is 10.4 Å². The predicted octanol–water partition coefficient (Wildman–Crippen LogP) is 1.96. The number of anilines is 1. The number of pyridine rings is 1. The van der Waals surface area contributed by atoms with Crippen LogP contribution in [0, 0.1) is 6.92 Å². The van der Waals surface area contributed by atoms with Gasteiger partial charge in [0.15, 0.2) is 0 Å². The minimum atomic E-state index is 0.257. The Labute approximate surface area is 85.2 Å². The van der Waals surface area contributed by atoms with E-state index in [2.05, 4.69) is 17.2 Å². The Balaban J connectivity index is 2.43. The topological polar surface area (TPSA) is 45.2 Å². The maximum absolute atomic E-state index is 8.68. The fourth-order valence-corrected chi connectivity index (χ4v) is 1.34. The molecule has 2 N–H and O–H groups in total. The summed E-state index contributed by atoms with van der Waals surface area (Å²) in [4.78, 5) is 4.21. The number of aromatic nitrogens is 1. The van der Waals surface area contributed by atoms with Gasteiger partial charge in [0, 0.05) is 18.8 Å². The Kier molecular flexibility index (Phi) is 4.40. The number of rotatable bonds is 5. The van der Waals surface area contributed by atoms with Gasteiger partial charge in [0.2, 0.25) is 0 Å². The van der Waals surface area contributed by atoms with Gasteiger partial charge in [-0.2, -0.15) is 0 Å². The molecule has 3 heteroatoms. The van der Waals surface area contributed by atoms with Crippen molar-refractivity contribution in [2.45, 2.75) is 32.7 Å². The van der Waals surface area contributed by atoms with Crippen molar-refractivity contribution in [2.24, 2.45) is 0 Å². The summed E-state index contributed by atoms with van der Waals surface area (Å²) in [5, 5.41) is 12.0. The molecular formula is C11H18N2O. The summed E-state index contributed by atoms with van der Waals surface area (Å²) in [6, 6.07) is 4.36. The Morgan fingerprint density at radius 3 is 3.00 bits per heavy atom. The van der Waals surface area contributed by atoms with Gasteiger partial charge in [-0.05, 0) is 44.4 Å². The summed E-state index contributed by atoms with van der Waals surface area (Å²) >= 11 is 0. The predicted molar refractivity (Wildman–Crippen MR) is 58.4 cm³/mol. The van der Waals surface area contributed by atoms with Crippen molar-refractivity contribution in [3.05, 3.63) is 23.9 Å². The molecule has 0 amide bonds. The van der Waals surface area contributed by atoms with E-state index in [0.29, 0.717) is 6.04 Å². The molecule has 1 aromatic heterocycles. The molecule has 0 aliphatic rings. The molecule has 3 nitrogen and oxygen atoms in total. The van der Waals surface area contributed by atoms with Crippen LogP contribution in [0.5, 0.6) is 0 Å². The minimum absolute atomic E-state index is 0.257. The standard InChI is InChI=1S/C11H18N2O/c1-9-5-6-12-11(8-9)13-10(2)4-3-7-14/h5-6,8,10,14H,3-4,7H2,1-2H3,(H,12,13). The van der Waals surface area contributed by atoms with Crippen LogP contribution in [0.1, 0.15) is 25.3 Å². The van der Waals surface area contributed by atoms with E-state index in [4.69, 9.17) is 5.11 Å². The van der Waals surface area contributed by atoms with E-state index in [9.17, 15) is 0 Å². The molecule has 0 spiro atoms. The number of nitrogens with zero attached hydrogens (tertiary/aromatic N) is 1. The van der Waals surface area contributed by atoms with Crippen LogP contribution < -0.4 is 5.32 Å². The van der Waals surface area contributed by atoms with Crippen molar-refractivity contribution < 1.29 is 5.11 Å². The van der Waals surface area contributed by atoms with Crippen LogP contribution in [0.2, 0.25) is 0 Å². The lowest BCUT2D eigenvalue weighted by molar-refractivity contribution is 0.282.